The molecule has 0 heterocycles. The van der Waals surface area contributed by atoms with E-state index < -0.39 is 15.8 Å². The molecule has 0 spiro atoms. The zero-order valence-electron chi connectivity index (χ0n) is 13.6. The van der Waals surface area contributed by atoms with Crippen molar-refractivity contribution in [1.29, 1.82) is 0 Å². The minimum absolute atomic E-state index is 0.0445. The molecule has 1 N–H and O–H groups in total. The second kappa shape index (κ2) is 8.31. The number of nitrogens with one attached hydrogen (secondary N) is 1. The number of halogens is 2. The first-order valence-electron chi connectivity index (χ1n) is 7.50. The lowest BCUT2D eigenvalue weighted by Crippen LogP contribution is -2.34. The molecule has 0 radical (unpaired) electrons. The van der Waals surface area contributed by atoms with Crippen LogP contribution in [0.4, 0.5) is 10.1 Å². The van der Waals surface area contributed by atoms with Gasteiger partial charge >= 0.3 is 0 Å². The molecule has 0 aliphatic heterocycles. The van der Waals surface area contributed by atoms with Gasteiger partial charge in [-0.2, -0.15) is 0 Å². The van der Waals surface area contributed by atoms with Crippen LogP contribution in [-0.4, -0.2) is 27.1 Å². The number of nitrogens with zero attached hydrogens (tertiary/aromatic N) is 1. The van der Waals surface area contributed by atoms with Crippen LogP contribution < -0.4 is 9.62 Å². The molecule has 0 aromatic heterocycles. The number of anilines is 1. The number of hydrogen-bond donors (Lipinski definition) is 1. The Bertz CT molecular complexity index is 841. The maximum atomic E-state index is 13.3. The number of sulfonamides is 1. The highest BCUT2D eigenvalue weighted by Crippen LogP contribution is 2.19. The number of benzene rings is 2. The molecular weight excluding hydrogens is 367 g/mol. The van der Waals surface area contributed by atoms with Crippen LogP contribution in [0.25, 0.3) is 0 Å². The zero-order valence-corrected chi connectivity index (χ0v) is 15.1. The summed E-state index contributed by atoms with van der Waals surface area (Å²) in [4.78, 5) is 12.0. The molecule has 0 aliphatic rings. The summed E-state index contributed by atoms with van der Waals surface area (Å²) < 4.78 is 38.2. The van der Waals surface area contributed by atoms with E-state index in [4.69, 9.17) is 11.6 Å². The van der Waals surface area contributed by atoms with Crippen LogP contribution in [0.5, 0.6) is 0 Å². The molecule has 0 saturated carbocycles. The third-order valence-corrected chi connectivity index (χ3v) is 4.89. The number of carbonyl (C=O) groups excluding carboxylic acids is 1. The van der Waals surface area contributed by atoms with Gasteiger partial charge in [-0.25, -0.2) is 12.8 Å². The van der Waals surface area contributed by atoms with Gasteiger partial charge in [-0.05, 0) is 35.9 Å². The zero-order chi connectivity index (χ0) is 18.4. The molecular formula is C17H18ClFN2O3S. The third-order valence-electron chi connectivity index (χ3n) is 3.44. The second-order valence-corrected chi connectivity index (χ2v) is 7.81. The standard InChI is InChI=1S/C17H18ClFN2O3S/c1-25(23,24)21(16-4-2-3-15(19)11-16)10-9-17(22)20-12-13-5-7-14(18)8-6-13/h2-8,11H,9-10,12H2,1H3,(H,20,22). The normalized spacial score (nSPS) is 11.2. The van der Waals surface area contributed by atoms with Crippen molar-refractivity contribution in [2.75, 3.05) is 17.1 Å². The van der Waals surface area contributed by atoms with Crippen molar-refractivity contribution < 1.29 is 17.6 Å². The molecule has 2 rings (SSSR count). The number of hydrogen-bond acceptors (Lipinski definition) is 3. The lowest BCUT2D eigenvalue weighted by Gasteiger charge is -2.22. The first-order valence-corrected chi connectivity index (χ1v) is 9.73. The third kappa shape index (κ3) is 6.03. The van der Waals surface area contributed by atoms with Crippen LogP contribution in [0.3, 0.4) is 0 Å². The van der Waals surface area contributed by atoms with E-state index in [-0.39, 0.29) is 24.6 Å². The monoisotopic (exact) mass is 384 g/mol. The van der Waals surface area contributed by atoms with Gasteiger partial charge in [0.05, 0.1) is 11.9 Å². The molecule has 5 nitrogen and oxygen atoms in total. The van der Waals surface area contributed by atoms with Crippen molar-refractivity contribution in [3.8, 4) is 0 Å². The van der Waals surface area contributed by atoms with Gasteiger partial charge in [0.1, 0.15) is 5.82 Å². The molecule has 1 amide bonds. The quantitative estimate of drug-likeness (QED) is 0.798. The topological polar surface area (TPSA) is 66.5 Å². The van der Waals surface area contributed by atoms with Gasteiger partial charge < -0.3 is 5.32 Å². The van der Waals surface area contributed by atoms with Crippen LogP contribution >= 0.6 is 11.6 Å². The van der Waals surface area contributed by atoms with Crippen molar-refractivity contribution in [3.05, 3.63) is 64.9 Å². The molecule has 0 aliphatic carbocycles. The van der Waals surface area contributed by atoms with Gasteiger partial charge in [0.2, 0.25) is 15.9 Å². The summed E-state index contributed by atoms with van der Waals surface area (Å²) in [5.41, 5.74) is 1.07. The Labute approximate surface area is 151 Å². The van der Waals surface area contributed by atoms with E-state index in [1.807, 2.05) is 0 Å². The molecule has 2 aromatic rings. The van der Waals surface area contributed by atoms with E-state index in [1.54, 1.807) is 24.3 Å². The van der Waals surface area contributed by atoms with Crippen molar-refractivity contribution >= 4 is 33.2 Å². The highest BCUT2D eigenvalue weighted by atomic mass is 35.5. The van der Waals surface area contributed by atoms with Gasteiger partial charge in [0.15, 0.2) is 0 Å². The summed E-state index contributed by atoms with van der Waals surface area (Å²) in [6, 6.07) is 12.3. The predicted molar refractivity (Wildman–Crippen MR) is 96.5 cm³/mol. The fourth-order valence-electron chi connectivity index (χ4n) is 2.21. The van der Waals surface area contributed by atoms with E-state index in [0.717, 1.165) is 22.2 Å². The minimum Gasteiger partial charge on any atom is -0.352 e. The maximum Gasteiger partial charge on any atom is 0.232 e. The summed E-state index contributed by atoms with van der Waals surface area (Å²) >= 11 is 5.79. The average molecular weight is 385 g/mol. The second-order valence-electron chi connectivity index (χ2n) is 5.47. The molecule has 0 atom stereocenters. The summed E-state index contributed by atoms with van der Waals surface area (Å²) in [6.07, 6.45) is 0.973. The number of rotatable bonds is 7. The molecule has 8 heteroatoms. The molecule has 0 saturated heterocycles. The lowest BCUT2D eigenvalue weighted by atomic mass is 10.2. The first-order chi connectivity index (χ1) is 11.8. The summed E-state index contributed by atoms with van der Waals surface area (Å²) in [7, 11) is -3.63. The van der Waals surface area contributed by atoms with E-state index in [0.29, 0.717) is 11.6 Å². The fraction of sp³-hybridized carbons (Fsp3) is 0.235. The Morgan fingerprint density at radius 2 is 1.88 bits per heavy atom. The summed E-state index contributed by atoms with van der Waals surface area (Å²) in [5, 5.41) is 3.32. The van der Waals surface area contributed by atoms with Crippen LogP contribution in [0.1, 0.15) is 12.0 Å². The van der Waals surface area contributed by atoms with Crippen molar-refractivity contribution in [3.63, 3.8) is 0 Å². The number of carbonyl (C=O) groups is 1. The van der Waals surface area contributed by atoms with Crippen LogP contribution in [0.15, 0.2) is 48.5 Å². The smallest absolute Gasteiger partial charge is 0.232 e. The number of amides is 1. The molecule has 134 valence electrons. The van der Waals surface area contributed by atoms with E-state index >= 15 is 0 Å². The van der Waals surface area contributed by atoms with Crippen molar-refractivity contribution in [1.82, 2.24) is 5.32 Å². The van der Waals surface area contributed by atoms with Crippen molar-refractivity contribution in [2.45, 2.75) is 13.0 Å². The Morgan fingerprint density at radius 3 is 2.48 bits per heavy atom. The SMILES string of the molecule is CS(=O)(=O)N(CCC(=O)NCc1ccc(Cl)cc1)c1cccc(F)c1. The Balaban J connectivity index is 1.96. The predicted octanol–water partition coefficient (Wildman–Crippen LogP) is 2.95. The highest BCUT2D eigenvalue weighted by molar-refractivity contribution is 7.92. The van der Waals surface area contributed by atoms with Crippen LogP contribution in [-0.2, 0) is 21.4 Å². The maximum absolute atomic E-state index is 13.3. The average Bonchev–Trinajstić information content (AvgIpc) is 2.53. The molecule has 2 aromatic carbocycles. The lowest BCUT2D eigenvalue weighted by molar-refractivity contribution is -0.121. The Morgan fingerprint density at radius 1 is 1.20 bits per heavy atom. The van der Waals surface area contributed by atoms with Gasteiger partial charge in [-0.1, -0.05) is 29.8 Å². The van der Waals surface area contributed by atoms with Gasteiger partial charge in [-0.15, -0.1) is 0 Å². The fourth-order valence-corrected chi connectivity index (χ4v) is 3.26. The Hall–Kier alpha value is -2.12. The van der Waals surface area contributed by atoms with Crippen molar-refractivity contribution in [2.24, 2.45) is 0 Å². The first kappa shape index (κ1) is 19.2. The van der Waals surface area contributed by atoms with Crippen LogP contribution in [0.2, 0.25) is 5.02 Å². The molecule has 0 fully saturated rings. The largest absolute Gasteiger partial charge is 0.352 e. The minimum atomic E-state index is -3.63. The molecule has 0 bridgehead atoms. The summed E-state index contributed by atoms with van der Waals surface area (Å²) in [6.45, 7) is 0.240. The van der Waals surface area contributed by atoms with Gasteiger partial charge in [0.25, 0.3) is 0 Å². The Kier molecular flexibility index (Phi) is 6.39. The molecule has 0 unspecified atom stereocenters. The van der Waals surface area contributed by atoms with E-state index in [2.05, 4.69) is 5.32 Å². The van der Waals surface area contributed by atoms with Crippen LogP contribution in [0, 0.1) is 5.82 Å². The van der Waals surface area contributed by atoms with E-state index in [1.165, 1.54) is 18.2 Å². The van der Waals surface area contributed by atoms with Gasteiger partial charge in [-0.3, -0.25) is 9.10 Å². The van der Waals surface area contributed by atoms with E-state index in [9.17, 15) is 17.6 Å². The highest BCUT2D eigenvalue weighted by Gasteiger charge is 2.19. The van der Waals surface area contributed by atoms with Gasteiger partial charge in [0, 0.05) is 24.5 Å². The summed E-state index contributed by atoms with van der Waals surface area (Å²) in [5.74, 6) is -0.849. The molecule has 25 heavy (non-hydrogen) atoms.